The normalized spacial score (nSPS) is 16.1. The quantitative estimate of drug-likeness (QED) is 0.599. The Balaban J connectivity index is 1.97. The molecule has 0 bridgehead atoms. The van der Waals surface area contributed by atoms with Crippen LogP contribution in [0.3, 0.4) is 0 Å². The average molecular weight is 265 g/mol. The number of rotatable bonds is 4. The van der Waals surface area contributed by atoms with E-state index in [0.29, 0.717) is 24.0 Å². The van der Waals surface area contributed by atoms with Crippen LogP contribution in [-0.4, -0.2) is 47.6 Å². The monoisotopic (exact) mass is 265 g/mol. The van der Waals surface area contributed by atoms with Crippen LogP contribution in [0.25, 0.3) is 0 Å². The molecule has 1 aromatic heterocycles. The Kier molecular flexibility index (Phi) is 4.64. The Morgan fingerprint density at radius 3 is 2.95 bits per heavy atom. The number of hydrogen-bond acceptors (Lipinski definition) is 6. The summed E-state index contributed by atoms with van der Waals surface area (Å²) in [6.45, 7) is 2.27. The maximum atomic E-state index is 12.2. The van der Waals surface area contributed by atoms with Gasteiger partial charge in [0.15, 0.2) is 5.82 Å². The highest BCUT2D eigenvalue weighted by atomic mass is 16.5. The fourth-order valence-corrected chi connectivity index (χ4v) is 2.13. The predicted molar refractivity (Wildman–Crippen MR) is 70.3 cm³/mol. The molecule has 1 saturated heterocycles. The van der Waals surface area contributed by atoms with Crippen LogP contribution in [0.1, 0.15) is 23.3 Å². The lowest BCUT2D eigenvalue weighted by Gasteiger charge is -2.26. The van der Waals surface area contributed by atoms with Gasteiger partial charge in [0, 0.05) is 26.8 Å². The van der Waals surface area contributed by atoms with Gasteiger partial charge in [0.2, 0.25) is 0 Å². The van der Waals surface area contributed by atoms with E-state index in [2.05, 4.69) is 15.4 Å². The zero-order chi connectivity index (χ0) is 13.7. The summed E-state index contributed by atoms with van der Waals surface area (Å²) in [5, 5.41) is 0. The van der Waals surface area contributed by atoms with Crippen molar-refractivity contribution in [2.45, 2.75) is 12.8 Å². The molecule has 0 atom stereocenters. The smallest absolute Gasteiger partial charge is 0.273 e. The first-order chi connectivity index (χ1) is 9.20. The summed E-state index contributed by atoms with van der Waals surface area (Å²) in [6, 6.07) is 0. The number of ether oxygens (including phenoxy) is 1. The predicted octanol–water partition coefficient (Wildman–Crippen LogP) is 0.261. The van der Waals surface area contributed by atoms with Gasteiger partial charge in [0.1, 0.15) is 5.69 Å². The maximum absolute atomic E-state index is 12.2. The van der Waals surface area contributed by atoms with Crippen LogP contribution in [0.15, 0.2) is 12.4 Å². The van der Waals surface area contributed by atoms with E-state index < -0.39 is 0 Å². The molecule has 2 heterocycles. The Hall–Kier alpha value is -1.73. The van der Waals surface area contributed by atoms with Crippen molar-refractivity contribution in [2.75, 3.05) is 32.2 Å². The fourth-order valence-electron chi connectivity index (χ4n) is 2.13. The van der Waals surface area contributed by atoms with Crippen LogP contribution in [0.4, 0.5) is 5.82 Å². The van der Waals surface area contributed by atoms with Crippen molar-refractivity contribution in [3.63, 3.8) is 0 Å². The van der Waals surface area contributed by atoms with E-state index in [0.717, 1.165) is 26.1 Å². The molecule has 0 radical (unpaired) electrons. The number of carbonyl (C=O) groups is 1. The van der Waals surface area contributed by atoms with Crippen LogP contribution in [0.2, 0.25) is 0 Å². The topological polar surface area (TPSA) is 93.4 Å². The van der Waals surface area contributed by atoms with Crippen molar-refractivity contribution >= 4 is 11.7 Å². The zero-order valence-corrected chi connectivity index (χ0v) is 11.0. The highest BCUT2D eigenvalue weighted by molar-refractivity contribution is 5.92. The summed E-state index contributed by atoms with van der Waals surface area (Å²) < 4.78 is 5.31. The first kappa shape index (κ1) is 13.7. The number of hydrazine groups is 1. The van der Waals surface area contributed by atoms with E-state index in [-0.39, 0.29) is 5.91 Å². The van der Waals surface area contributed by atoms with Crippen molar-refractivity contribution < 1.29 is 9.53 Å². The van der Waals surface area contributed by atoms with Crippen molar-refractivity contribution in [1.82, 2.24) is 14.9 Å². The van der Waals surface area contributed by atoms with Gasteiger partial charge in [-0.3, -0.25) is 9.78 Å². The van der Waals surface area contributed by atoms with Gasteiger partial charge in [-0.15, -0.1) is 0 Å². The lowest BCUT2D eigenvalue weighted by molar-refractivity contribution is 0.0495. The Morgan fingerprint density at radius 1 is 1.53 bits per heavy atom. The molecule has 7 nitrogen and oxygen atoms in total. The fraction of sp³-hybridized carbons (Fsp3) is 0.583. The Morgan fingerprint density at radius 2 is 2.26 bits per heavy atom. The Labute approximate surface area is 112 Å². The minimum atomic E-state index is -0.143. The summed E-state index contributed by atoms with van der Waals surface area (Å²) in [7, 11) is 1.78. The number of nitrogen functional groups attached to an aromatic ring is 1. The van der Waals surface area contributed by atoms with Gasteiger partial charge in [-0.25, -0.2) is 10.8 Å². The van der Waals surface area contributed by atoms with Crippen molar-refractivity contribution in [1.29, 1.82) is 0 Å². The van der Waals surface area contributed by atoms with Crippen LogP contribution in [0, 0.1) is 5.92 Å². The lowest BCUT2D eigenvalue weighted by Crippen LogP contribution is -2.34. The van der Waals surface area contributed by atoms with Gasteiger partial charge in [0.25, 0.3) is 5.91 Å². The van der Waals surface area contributed by atoms with Gasteiger partial charge in [0.05, 0.1) is 12.4 Å². The SMILES string of the molecule is CN(CC1CCOCC1)C(=O)c1cncc(NN)n1. The second-order valence-electron chi connectivity index (χ2n) is 4.68. The molecule has 0 unspecified atom stereocenters. The third kappa shape index (κ3) is 3.62. The van der Waals surface area contributed by atoms with Crippen LogP contribution in [-0.2, 0) is 4.74 Å². The largest absolute Gasteiger partial charge is 0.381 e. The molecule has 2 rings (SSSR count). The Bertz CT molecular complexity index is 434. The summed E-state index contributed by atoms with van der Waals surface area (Å²) in [5.41, 5.74) is 2.68. The molecular weight excluding hydrogens is 246 g/mol. The highest BCUT2D eigenvalue weighted by Crippen LogP contribution is 2.16. The van der Waals surface area contributed by atoms with Crippen LogP contribution < -0.4 is 11.3 Å². The van der Waals surface area contributed by atoms with Crippen molar-refractivity contribution in [3.8, 4) is 0 Å². The molecule has 1 aliphatic rings. The summed E-state index contributed by atoms with van der Waals surface area (Å²) in [6.07, 6.45) is 4.90. The second kappa shape index (κ2) is 6.44. The zero-order valence-electron chi connectivity index (χ0n) is 11.0. The first-order valence-corrected chi connectivity index (χ1v) is 6.32. The first-order valence-electron chi connectivity index (χ1n) is 6.32. The van der Waals surface area contributed by atoms with E-state index in [1.165, 1.54) is 12.4 Å². The molecule has 1 fully saturated rings. The molecule has 1 aliphatic heterocycles. The molecule has 7 heteroatoms. The number of amides is 1. The maximum Gasteiger partial charge on any atom is 0.273 e. The number of nitrogens with one attached hydrogen (secondary N) is 1. The van der Waals surface area contributed by atoms with Crippen molar-refractivity contribution in [3.05, 3.63) is 18.1 Å². The minimum Gasteiger partial charge on any atom is -0.381 e. The molecule has 1 amide bonds. The number of hydrogen-bond donors (Lipinski definition) is 2. The van der Waals surface area contributed by atoms with E-state index in [1.807, 2.05) is 0 Å². The second-order valence-corrected chi connectivity index (χ2v) is 4.68. The van der Waals surface area contributed by atoms with E-state index in [9.17, 15) is 4.79 Å². The molecule has 19 heavy (non-hydrogen) atoms. The number of anilines is 1. The lowest BCUT2D eigenvalue weighted by atomic mass is 10.00. The number of nitrogens with two attached hydrogens (primary N) is 1. The van der Waals surface area contributed by atoms with Gasteiger partial charge in [-0.1, -0.05) is 0 Å². The van der Waals surface area contributed by atoms with E-state index >= 15 is 0 Å². The number of aromatic nitrogens is 2. The standard InChI is InChI=1S/C12H19N5O2/c1-17(8-9-2-4-19-5-3-9)12(18)10-6-14-7-11(15-10)16-13/h6-7,9H,2-5,8,13H2,1H3,(H,15,16). The van der Waals surface area contributed by atoms with E-state index in [4.69, 9.17) is 10.6 Å². The van der Waals surface area contributed by atoms with Gasteiger partial charge in [-0.05, 0) is 18.8 Å². The highest BCUT2D eigenvalue weighted by Gasteiger charge is 2.20. The molecule has 0 aliphatic carbocycles. The van der Waals surface area contributed by atoms with Crippen LogP contribution >= 0.6 is 0 Å². The van der Waals surface area contributed by atoms with E-state index in [1.54, 1.807) is 11.9 Å². The molecular formula is C12H19N5O2. The third-order valence-electron chi connectivity index (χ3n) is 3.22. The van der Waals surface area contributed by atoms with Gasteiger partial charge in [-0.2, -0.15) is 0 Å². The molecule has 0 saturated carbocycles. The molecule has 104 valence electrons. The van der Waals surface area contributed by atoms with Crippen molar-refractivity contribution in [2.24, 2.45) is 11.8 Å². The van der Waals surface area contributed by atoms with Crippen LogP contribution in [0.5, 0.6) is 0 Å². The number of nitrogens with zero attached hydrogens (tertiary/aromatic N) is 3. The van der Waals surface area contributed by atoms with Gasteiger partial charge >= 0.3 is 0 Å². The molecule has 0 spiro atoms. The molecule has 0 aromatic carbocycles. The summed E-state index contributed by atoms with van der Waals surface area (Å²) in [5.74, 6) is 5.98. The molecule has 1 aromatic rings. The number of carbonyl (C=O) groups excluding carboxylic acids is 1. The van der Waals surface area contributed by atoms with Gasteiger partial charge < -0.3 is 15.1 Å². The summed E-state index contributed by atoms with van der Waals surface area (Å²) >= 11 is 0. The third-order valence-corrected chi connectivity index (χ3v) is 3.22. The summed E-state index contributed by atoms with van der Waals surface area (Å²) in [4.78, 5) is 21.9. The average Bonchev–Trinajstić information content (AvgIpc) is 2.47. The minimum absolute atomic E-state index is 0.143. The molecule has 3 N–H and O–H groups in total.